The van der Waals surface area contributed by atoms with Gasteiger partial charge in [0.2, 0.25) is 11.8 Å². The molecule has 0 unspecified atom stereocenters. The van der Waals surface area contributed by atoms with Crippen molar-refractivity contribution in [1.29, 1.82) is 0 Å². The van der Waals surface area contributed by atoms with E-state index in [4.69, 9.17) is 4.74 Å². The third-order valence-corrected chi connectivity index (χ3v) is 5.79. The molecule has 0 aromatic heterocycles. The number of nitrogens with zero attached hydrogens (tertiary/aromatic N) is 3. The van der Waals surface area contributed by atoms with E-state index < -0.39 is 11.7 Å². The lowest BCUT2D eigenvalue weighted by Gasteiger charge is -2.26. The van der Waals surface area contributed by atoms with Crippen LogP contribution in [-0.2, 0) is 28.9 Å². The Hall–Kier alpha value is -3.27. The lowest BCUT2D eigenvalue weighted by atomic mass is 10.1. The van der Waals surface area contributed by atoms with Crippen LogP contribution in [0.4, 0.5) is 18.9 Å². The van der Waals surface area contributed by atoms with Crippen molar-refractivity contribution in [3.8, 4) is 5.75 Å². The molecule has 190 valence electrons. The molecule has 2 aromatic rings. The van der Waals surface area contributed by atoms with Gasteiger partial charge in [0.15, 0.2) is 0 Å². The van der Waals surface area contributed by atoms with E-state index in [9.17, 15) is 22.8 Å². The zero-order valence-electron chi connectivity index (χ0n) is 20.2. The molecule has 35 heavy (non-hydrogen) atoms. The van der Waals surface area contributed by atoms with Crippen molar-refractivity contribution in [2.75, 3.05) is 52.2 Å². The highest BCUT2D eigenvalue weighted by Gasteiger charge is 2.33. The molecule has 7 nitrogen and oxygen atoms in total. The number of rotatable bonds is 8. The molecule has 0 saturated carbocycles. The summed E-state index contributed by atoms with van der Waals surface area (Å²) in [6.07, 6.45) is -4.50. The average Bonchev–Trinajstić information content (AvgIpc) is 3.03. The first-order chi connectivity index (χ1) is 16.6. The fourth-order valence-corrected chi connectivity index (χ4v) is 3.87. The van der Waals surface area contributed by atoms with Crippen molar-refractivity contribution < 1.29 is 27.5 Å². The number of fused-ring (bicyclic) bond motifs is 1. The van der Waals surface area contributed by atoms with Crippen LogP contribution in [0.5, 0.6) is 5.75 Å². The summed E-state index contributed by atoms with van der Waals surface area (Å²) in [7, 11) is 3.68. The summed E-state index contributed by atoms with van der Waals surface area (Å²) in [5.41, 5.74) is 0.726. The highest BCUT2D eigenvalue weighted by Crippen LogP contribution is 2.33. The zero-order chi connectivity index (χ0) is 25.6. The summed E-state index contributed by atoms with van der Waals surface area (Å²) in [5, 5.41) is 3.09. The summed E-state index contributed by atoms with van der Waals surface area (Å²) >= 11 is 0. The van der Waals surface area contributed by atoms with Gasteiger partial charge in [0.05, 0.1) is 24.3 Å². The second-order valence-electron chi connectivity index (χ2n) is 8.71. The highest BCUT2D eigenvalue weighted by atomic mass is 19.4. The van der Waals surface area contributed by atoms with E-state index >= 15 is 0 Å². The van der Waals surface area contributed by atoms with Crippen molar-refractivity contribution in [3.05, 3.63) is 59.2 Å². The fraction of sp³-hybridized carbons (Fsp3) is 0.440. The first-order valence-electron chi connectivity index (χ1n) is 11.4. The van der Waals surface area contributed by atoms with E-state index in [1.807, 2.05) is 31.1 Å². The molecule has 3 rings (SSSR count). The van der Waals surface area contributed by atoms with Crippen molar-refractivity contribution in [3.63, 3.8) is 0 Å². The lowest BCUT2D eigenvalue weighted by Crippen LogP contribution is -2.39. The van der Waals surface area contributed by atoms with E-state index in [0.29, 0.717) is 37.7 Å². The van der Waals surface area contributed by atoms with Crippen LogP contribution in [0.15, 0.2) is 42.5 Å². The highest BCUT2D eigenvalue weighted by molar-refractivity contribution is 5.82. The molecule has 1 heterocycles. The molecule has 0 spiro atoms. The van der Waals surface area contributed by atoms with Crippen LogP contribution < -0.4 is 10.1 Å². The number of carbonyl (C=O) groups is 2. The molecular formula is C25H31F3N4O3. The molecule has 0 atom stereocenters. The minimum absolute atomic E-state index is 0.0494. The minimum atomic E-state index is -4.50. The summed E-state index contributed by atoms with van der Waals surface area (Å²) in [6, 6.07) is 10.8. The standard InChI is InChI=1S/C25H31F3N4O3/c1-18(33)31-13-14-35-24-20(17-31)8-6-10-22(24)29-15-23(34)32(12-11-30(2)3)16-19-7-4-5-9-21(19)25(26,27)28/h4-10,29H,11-17H2,1-3H3. The Morgan fingerprint density at radius 3 is 2.51 bits per heavy atom. The van der Waals surface area contributed by atoms with Crippen LogP contribution in [0.1, 0.15) is 23.6 Å². The molecule has 2 aromatic carbocycles. The van der Waals surface area contributed by atoms with Crippen molar-refractivity contribution in [2.45, 2.75) is 26.2 Å². The molecule has 0 aliphatic carbocycles. The van der Waals surface area contributed by atoms with Gasteiger partial charge in [0.1, 0.15) is 12.4 Å². The second kappa shape index (κ2) is 11.4. The molecule has 2 amide bonds. The van der Waals surface area contributed by atoms with Crippen LogP contribution >= 0.6 is 0 Å². The quantitative estimate of drug-likeness (QED) is 0.612. The number of hydrogen-bond acceptors (Lipinski definition) is 5. The number of alkyl halides is 3. The fourth-order valence-electron chi connectivity index (χ4n) is 3.87. The number of para-hydroxylation sites is 1. The van der Waals surface area contributed by atoms with Crippen LogP contribution in [0.3, 0.4) is 0 Å². The predicted octanol–water partition coefficient (Wildman–Crippen LogP) is 3.45. The van der Waals surface area contributed by atoms with E-state index in [1.54, 1.807) is 17.0 Å². The summed E-state index contributed by atoms with van der Waals surface area (Å²) < 4.78 is 46.3. The Balaban J connectivity index is 1.76. The third-order valence-electron chi connectivity index (χ3n) is 5.79. The Morgan fingerprint density at radius 2 is 1.83 bits per heavy atom. The molecular weight excluding hydrogens is 461 g/mol. The average molecular weight is 493 g/mol. The van der Waals surface area contributed by atoms with Gasteiger partial charge in [-0.15, -0.1) is 0 Å². The number of halogens is 3. The van der Waals surface area contributed by atoms with Crippen LogP contribution in [-0.4, -0.2) is 73.4 Å². The first kappa shape index (κ1) is 26.3. The summed E-state index contributed by atoms with van der Waals surface area (Å²) in [4.78, 5) is 29.9. The van der Waals surface area contributed by atoms with Gasteiger partial charge in [-0.1, -0.05) is 30.3 Å². The topological polar surface area (TPSA) is 65.1 Å². The summed E-state index contributed by atoms with van der Waals surface area (Å²) in [5.74, 6) is 0.192. The molecule has 1 aliphatic rings. The monoisotopic (exact) mass is 492 g/mol. The SMILES string of the molecule is CC(=O)N1CCOc2c(cccc2NCC(=O)N(CCN(C)C)Cc2ccccc2C(F)(F)F)C1. The van der Waals surface area contributed by atoms with Crippen molar-refractivity contribution >= 4 is 17.5 Å². The van der Waals surface area contributed by atoms with Crippen molar-refractivity contribution in [2.24, 2.45) is 0 Å². The number of anilines is 1. The zero-order valence-corrected chi connectivity index (χ0v) is 20.2. The van der Waals surface area contributed by atoms with E-state index in [0.717, 1.165) is 11.6 Å². The number of carbonyl (C=O) groups excluding carboxylic acids is 2. The largest absolute Gasteiger partial charge is 0.489 e. The molecule has 1 N–H and O–H groups in total. The van der Waals surface area contributed by atoms with Gasteiger partial charge >= 0.3 is 6.18 Å². The number of likely N-dealkylation sites (N-methyl/N-ethyl adjacent to an activating group) is 1. The normalized spacial score (nSPS) is 13.6. The number of benzene rings is 2. The number of ether oxygens (including phenoxy) is 1. The molecule has 0 saturated heterocycles. The molecule has 0 bridgehead atoms. The molecule has 0 fully saturated rings. The maximum atomic E-state index is 13.5. The number of hydrogen-bond donors (Lipinski definition) is 1. The van der Waals surface area contributed by atoms with Crippen LogP contribution in [0.2, 0.25) is 0 Å². The number of nitrogens with one attached hydrogen (secondary N) is 1. The Morgan fingerprint density at radius 1 is 1.09 bits per heavy atom. The van der Waals surface area contributed by atoms with E-state index in [2.05, 4.69) is 5.32 Å². The Bertz CT molecular complexity index is 1040. The van der Waals surface area contributed by atoms with Gasteiger partial charge in [-0.3, -0.25) is 9.59 Å². The smallest absolute Gasteiger partial charge is 0.416 e. The van der Waals surface area contributed by atoms with Crippen LogP contribution in [0, 0.1) is 0 Å². The molecule has 1 aliphatic heterocycles. The van der Waals surface area contributed by atoms with Crippen molar-refractivity contribution in [1.82, 2.24) is 14.7 Å². The minimum Gasteiger partial charge on any atom is -0.489 e. The van der Waals surface area contributed by atoms with Gasteiger partial charge in [-0.2, -0.15) is 13.2 Å². The predicted molar refractivity (Wildman–Crippen MR) is 127 cm³/mol. The van der Waals surface area contributed by atoms with Gasteiger partial charge in [0, 0.05) is 38.7 Å². The molecule has 0 radical (unpaired) electrons. The maximum absolute atomic E-state index is 13.5. The number of amides is 2. The maximum Gasteiger partial charge on any atom is 0.416 e. The van der Waals surface area contributed by atoms with Gasteiger partial charge < -0.3 is 24.8 Å². The van der Waals surface area contributed by atoms with Gasteiger partial charge in [0.25, 0.3) is 0 Å². The second-order valence-corrected chi connectivity index (χ2v) is 8.71. The first-order valence-corrected chi connectivity index (χ1v) is 11.4. The molecule has 10 heteroatoms. The lowest BCUT2D eigenvalue weighted by molar-refractivity contribution is -0.139. The van der Waals surface area contributed by atoms with Crippen LogP contribution in [0.25, 0.3) is 0 Å². The summed E-state index contributed by atoms with van der Waals surface area (Å²) in [6.45, 7) is 3.20. The third kappa shape index (κ3) is 7.11. The van der Waals surface area contributed by atoms with Gasteiger partial charge in [-0.25, -0.2) is 0 Å². The van der Waals surface area contributed by atoms with Gasteiger partial charge in [-0.05, 0) is 31.8 Å². The Kier molecular flexibility index (Phi) is 8.61. The Labute approximate surface area is 203 Å². The van der Waals surface area contributed by atoms with E-state index in [-0.39, 0.29) is 37.0 Å². The van der Waals surface area contributed by atoms with E-state index in [1.165, 1.54) is 24.0 Å².